The number of carbonyl (C=O) groups excluding carboxylic acids is 2. The Hall–Kier alpha value is -2.61. The minimum atomic E-state index is -1.05. The fourth-order valence-corrected chi connectivity index (χ4v) is 2.85. The molecule has 0 aromatic heterocycles. The smallest absolute Gasteiger partial charge is 0.341 e. The van der Waals surface area contributed by atoms with Gasteiger partial charge in [-0.25, -0.2) is 4.79 Å². The second-order valence-electron chi connectivity index (χ2n) is 6.09. The van der Waals surface area contributed by atoms with Gasteiger partial charge in [-0.2, -0.15) is 0 Å². The third-order valence-electron chi connectivity index (χ3n) is 4.17. The van der Waals surface area contributed by atoms with Crippen LogP contribution in [0.1, 0.15) is 12.5 Å². The van der Waals surface area contributed by atoms with Gasteiger partial charge in [0.1, 0.15) is 5.75 Å². The molecule has 0 unspecified atom stereocenters. The molecule has 2 rings (SSSR count). The molecule has 0 aliphatic carbocycles. The van der Waals surface area contributed by atoms with Crippen molar-refractivity contribution in [2.24, 2.45) is 11.7 Å². The van der Waals surface area contributed by atoms with Crippen molar-refractivity contribution in [2.45, 2.75) is 13.5 Å². The molecule has 1 aromatic carbocycles. The van der Waals surface area contributed by atoms with E-state index in [2.05, 4.69) is 0 Å². The highest BCUT2D eigenvalue weighted by atomic mass is 16.5. The number of para-hydroxylation sites is 1. The van der Waals surface area contributed by atoms with Crippen LogP contribution in [0, 0.1) is 5.92 Å². The van der Waals surface area contributed by atoms with Gasteiger partial charge in [0.25, 0.3) is 0 Å². The Labute approximate surface area is 146 Å². The van der Waals surface area contributed by atoms with Crippen LogP contribution in [0.3, 0.4) is 0 Å². The van der Waals surface area contributed by atoms with E-state index in [1.807, 2.05) is 17.0 Å². The van der Waals surface area contributed by atoms with Crippen LogP contribution in [0.2, 0.25) is 0 Å². The van der Waals surface area contributed by atoms with Gasteiger partial charge in [0.15, 0.2) is 6.61 Å². The van der Waals surface area contributed by atoms with E-state index in [4.69, 9.17) is 15.6 Å². The molecule has 0 saturated carbocycles. The molecule has 25 heavy (non-hydrogen) atoms. The highest BCUT2D eigenvalue weighted by molar-refractivity contribution is 5.79. The van der Waals surface area contributed by atoms with E-state index in [0.29, 0.717) is 38.5 Å². The quantitative estimate of drug-likeness (QED) is 0.742. The number of rotatable bonds is 6. The second-order valence-corrected chi connectivity index (χ2v) is 6.09. The van der Waals surface area contributed by atoms with Crippen molar-refractivity contribution in [1.29, 1.82) is 0 Å². The van der Waals surface area contributed by atoms with Crippen molar-refractivity contribution >= 4 is 17.8 Å². The Balaban J connectivity index is 2.12. The van der Waals surface area contributed by atoms with Crippen LogP contribution >= 0.6 is 0 Å². The molecule has 1 aromatic rings. The van der Waals surface area contributed by atoms with Crippen LogP contribution in [0.4, 0.5) is 0 Å². The van der Waals surface area contributed by atoms with Gasteiger partial charge in [0, 0.05) is 45.2 Å². The van der Waals surface area contributed by atoms with Crippen molar-refractivity contribution in [2.75, 3.05) is 32.8 Å². The van der Waals surface area contributed by atoms with Gasteiger partial charge in [-0.3, -0.25) is 14.5 Å². The van der Waals surface area contributed by atoms with Crippen molar-refractivity contribution in [3.63, 3.8) is 0 Å². The van der Waals surface area contributed by atoms with Gasteiger partial charge < -0.3 is 20.5 Å². The van der Waals surface area contributed by atoms with E-state index in [1.165, 1.54) is 6.92 Å². The fraction of sp³-hybridized carbons (Fsp3) is 0.471. The zero-order valence-electron chi connectivity index (χ0n) is 14.2. The number of carboxylic acid groups (broad SMARTS) is 1. The normalized spacial score (nSPS) is 18.4. The summed E-state index contributed by atoms with van der Waals surface area (Å²) < 4.78 is 5.32. The summed E-state index contributed by atoms with van der Waals surface area (Å²) in [6, 6.07) is 7.18. The Morgan fingerprint density at radius 2 is 1.96 bits per heavy atom. The number of amides is 2. The van der Waals surface area contributed by atoms with Gasteiger partial charge in [0.2, 0.25) is 11.8 Å². The lowest BCUT2D eigenvalue weighted by atomic mass is 10.1. The maximum Gasteiger partial charge on any atom is 0.341 e. The molecule has 1 saturated heterocycles. The van der Waals surface area contributed by atoms with Crippen LogP contribution in [-0.2, 0) is 20.9 Å². The summed E-state index contributed by atoms with van der Waals surface area (Å²) in [5, 5.41) is 8.78. The summed E-state index contributed by atoms with van der Waals surface area (Å²) in [5.41, 5.74) is 6.29. The first-order valence-corrected chi connectivity index (χ1v) is 8.06. The van der Waals surface area contributed by atoms with Crippen molar-refractivity contribution in [3.05, 3.63) is 29.8 Å². The van der Waals surface area contributed by atoms with Crippen LogP contribution in [0.15, 0.2) is 24.3 Å². The fourth-order valence-electron chi connectivity index (χ4n) is 2.85. The molecule has 1 fully saturated rings. The summed E-state index contributed by atoms with van der Waals surface area (Å²) >= 11 is 0. The largest absolute Gasteiger partial charge is 0.482 e. The molecule has 1 heterocycles. The molecule has 8 heteroatoms. The van der Waals surface area contributed by atoms with Crippen molar-refractivity contribution in [3.8, 4) is 5.75 Å². The summed E-state index contributed by atoms with van der Waals surface area (Å²) in [4.78, 5) is 37.7. The monoisotopic (exact) mass is 349 g/mol. The summed E-state index contributed by atoms with van der Waals surface area (Å²) in [6.45, 7) is 3.39. The van der Waals surface area contributed by atoms with Gasteiger partial charge in [-0.1, -0.05) is 18.2 Å². The molecule has 3 N–H and O–H groups in total. The predicted molar refractivity (Wildman–Crippen MR) is 89.8 cm³/mol. The van der Waals surface area contributed by atoms with Crippen molar-refractivity contribution in [1.82, 2.24) is 9.80 Å². The van der Waals surface area contributed by atoms with Crippen molar-refractivity contribution < 1.29 is 24.2 Å². The average Bonchev–Trinajstić information content (AvgIpc) is 2.77. The molecular formula is C17H23N3O5. The highest BCUT2D eigenvalue weighted by Gasteiger charge is 2.28. The molecule has 1 atom stereocenters. The van der Waals surface area contributed by atoms with Crippen LogP contribution in [0.5, 0.6) is 5.75 Å². The number of carboxylic acids is 1. The molecule has 0 spiro atoms. The number of benzene rings is 1. The first kappa shape index (κ1) is 18.7. The number of carbonyl (C=O) groups is 3. The van der Waals surface area contributed by atoms with Gasteiger partial charge >= 0.3 is 5.97 Å². The van der Waals surface area contributed by atoms with E-state index in [-0.39, 0.29) is 5.91 Å². The number of primary amides is 1. The average molecular weight is 349 g/mol. The minimum Gasteiger partial charge on any atom is -0.482 e. The Morgan fingerprint density at radius 3 is 2.60 bits per heavy atom. The highest BCUT2D eigenvalue weighted by Crippen LogP contribution is 2.21. The molecule has 2 amide bonds. The van der Waals surface area contributed by atoms with E-state index in [0.717, 1.165) is 5.56 Å². The lowest BCUT2D eigenvalue weighted by Crippen LogP contribution is -2.39. The lowest BCUT2D eigenvalue weighted by molar-refractivity contribution is -0.139. The number of nitrogens with two attached hydrogens (primary N) is 1. The van der Waals surface area contributed by atoms with Crippen LogP contribution < -0.4 is 10.5 Å². The topological polar surface area (TPSA) is 113 Å². The summed E-state index contributed by atoms with van der Waals surface area (Å²) in [7, 11) is 0. The van der Waals surface area contributed by atoms with E-state index >= 15 is 0 Å². The van der Waals surface area contributed by atoms with E-state index in [1.54, 1.807) is 17.0 Å². The maximum atomic E-state index is 11.7. The molecule has 0 bridgehead atoms. The maximum absolute atomic E-state index is 11.7. The number of hydrogen-bond acceptors (Lipinski definition) is 5. The number of nitrogens with zero attached hydrogens (tertiary/aromatic N) is 2. The van der Waals surface area contributed by atoms with Gasteiger partial charge in [-0.05, 0) is 6.07 Å². The van der Waals surface area contributed by atoms with Crippen LogP contribution in [0.25, 0.3) is 0 Å². The third-order valence-corrected chi connectivity index (χ3v) is 4.17. The zero-order valence-corrected chi connectivity index (χ0v) is 14.2. The van der Waals surface area contributed by atoms with Crippen LogP contribution in [-0.4, -0.2) is 65.5 Å². The number of hydrogen-bond donors (Lipinski definition) is 2. The Kier molecular flexibility index (Phi) is 6.35. The molecule has 1 aliphatic rings. The number of aliphatic carboxylic acids is 1. The SMILES string of the molecule is CC(=O)N1CCN(Cc2ccccc2OCC(=O)O)C[C@@H](C(N)=O)C1. The second kappa shape index (κ2) is 8.48. The molecule has 0 radical (unpaired) electrons. The zero-order chi connectivity index (χ0) is 18.4. The first-order chi connectivity index (χ1) is 11.9. The molecule has 136 valence electrons. The molecule has 8 nitrogen and oxygen atoms in total. The van der Waals surface area contributed by atoms with Gasteiger partial charge in [-0.15, -0.1) is 0 Å². The Bertz CT molecular complexity index is 649. The number of ether oxygens (including phenoxy) is 1. The van der Waals surface area contributed by atoms with E-state index < -0.39 is 24.4 Å². The predicted octanol–water partition coefficient (Wildman–Crippen LogP) is -0.0844. The summed E-state index contributed by atoms with van der Waals surface area (Å²) in [6.07, 6.45) is 0. The first-order valence-electron chi connectivity index (χ1n) is 8.06. The standard InChI is InChI=1S/C17H23N3O5/c1-12(21)20-7-6-19(9-14(10-20)17(18)24)8-13-4-2-3-5-15(13)25-11-16(22)23/h2-5,14H,6-11H2,1H3,(H2,18,24)(H,22,23)/t14-/m1/s1. The molecule has 1 aliphatic heterocycles. The minimum absolute atomic E-state index is 0.0849. The summed E-state index contributed by atoms with van der Waals surface area (Å²) in [5.74, 6) is -1.52. The third kappa shape index (κ3) is 5.46. The lowest BCUT2D eigenvalue weighted by Gasteiger charge is -2.23. The van der Waals surface area contributed by atoms with Gasteiger partial charge in [0.05, 0.1) is 5.92 Å². The van der Waals surface area contributed by atoms with E-state index in [9.17, 15) is 14.4 Å². The Morgan fingerprint density at radius 1 is 1.24 bits per heavy atom. The molecular weight excluding hydrogens is 326 g/mol.